The highest BCUT2D eigenvalue weighted by molar-refractivity contribution is 5.92. The molecule has 1 aliphatic rings. The second-order valence-electron chi connectivity index (χ2n) is 8.87. The lowest BCUT2D eigenvalue weighted by molar-refractivity contribution is -0.117. The Morgan fingerprint density at radius 3 is 2.34 bits per heavy atom. The molecule has 1 saturated carbocycles. The van der Waals surface area contributed by atoms with Crippen molar-refractivity contribution >= 4 is 23.1 Å². The van der Waals surface area contributed by atoms with E-state index in [1.807, 2.05) is 50.2 Å². The fourth-order valence-electron chi connectivity index (χ4n) is 4.34. The van der Waals surface area contributed by atoms with Crippen molar-refractivity contribution in [1.82, 2.24) is 9.13 Å². The molecule has 0 aliphatic heterocycles. The van der Waals surface area contributed by atoms with Crippen molar-refractivity contribution in [3.8, 4) is 0 Å². The topological polar surface area (TPSA) is 102 Å². The standard InChI is InChI=1S/C24H35N5O3/c1-4-14-29-23(31)21(25)22(26-20(30)16-18-7-5-6-8-18)28(24(29)32)15-13-17-9-11-19(12-10-17)27(2)3/h9-12,18H,4-8,13-16,25H2,1-3H3,(H,26,30). The predicted octanol–water partition coefficient (Wildman–Crippen LogP) is 2.83. The molecule has 1 heterocycles. The van der Waals surface area contributed by atoms with E-state index in [9.17, 15) is 14.4 Å². The van der Waals surface area contributed by atoms with Crippen LogP contribution < -0.4 is 27.2 Å². The zero-order valence-corrected chi connectivity index (χ0v) is 19.4. The van der Waals surface area contributed by atoms with Crippen LogP contribution >= 0.6 is 0 Å². The van der Waals surface area contributed by atoms with Gasteiger partial charge in [-0.3, -0.25) is 18.7 Å². The molecular weight excluding hydrogens is 406 g/mol. The maximum absolute atomic E-state index is 13.2. The van der Waals surface area contributed by atoms with E-state index in [4.69, 9.17) is 5.73 Å². The molecule has 1 aromatic carbocycles. The Labute approximate surface area is 189 Å². The van der Waals surface area contributed by atoms with Crippen LogP contribution in [0.15, 0.2) is 33.9 Å². The normalized spacial score (nSPS) is 14.0. The van der Waals surface area contributed by atoms with Crippen LogP contribution in [0.3, 0.4) is 0 Å². The Balaban J connectivity index is 1.89. The van der Waals surface area contributed by atoms with Crippen molar-refractivity contribution in [2.24, 2.45) is 5.92 Å². The van der Waals surface area contributed by atoms with Crippen LogP contribution in [0.4, 0.5) is 17.2 Å². The van der Waals surface area contributed by atoms with E-state index in [1.165, 1.54) is 4.57 Å². The maximum atomic E-state index is 13.2. The van der Waals surface area contributed by atoms with Gasteiger partial charge in [0.2, 0.25) is 5.91 Å². The van der Waals surface area contributed by atoms with Crippen LogP contribution in [-0.4, -0.2) is 29.1 Å². The van der Waals surface area contributed by atoms with Gasteiger partial charge in [-0.05, 0) is 49.3 Å². The lowest BCUT2D eigenvalue weighted by Gasteiger charge is -2.19. The van der Waals surface area contributed by atoms with Gasteiger partial charge in [0.15, 0.2) is 0 Å². The van der Waals surface area contributed by atoms with Gasteiger partial charge >= 0.3 is 5.69 Å². The van der Waals surface area contributed by atoms with Crippen LogP contribution in [0.2, 0.25) is 0 Å². The van der Waals surface area contributed by atoms with E-state index in [-0.39, 0.29) is 24.0 Å². The Bertz CT molecular complexity index is 1050. The second kappa shape index (κ2) is 10.5. The van der Waals surface area contributed by atoms with Gasteiger partial charge in [-0.15, -0.1) is 0 Å². The number of amides is 1. The molecule has 0 bridgehead atoms. The number of benzene rings is 1. The molecule has 1 aliphatic carbocycles. The molecule has 3 rings (SSSR count). The average molecular weight is 442 g/mol. The fourth-order valence-corrected chi connectivity index (χ4v) is 4.34. The summed E-state index contributed by atoms with van der Waals surface area (Å²) in [6.45, 7) is 2.50. The summed E-state index contributed by atoms with van der Waals surface area (Å²) in [7, 11) is 3.96. The van der Waals surface area contributed by atoms with Crippen molar-refractivity contribution < 1.29 is 4.79 Å². The van der Waals surface area contributed by atoms with Crippen molar-refractivity contribution in [3.63, 3.8) is 0 Å². The summed E-state index contributed by atoms with van der Waals surface area (Å²) in [5.74, 6) is 0.284. The first-order chi connectivity index (χ1) is 15.3. The van der Waals surface area contributed by atoms with Crippen LogP contribution in [-0.2, 0) is 24.3 Å². The monoisotopic (exact) mass is 441 g/mol. The van der Waals surface area contributed by atoms with Gasteiger partial charge in [0.25, 0.3) is 5.56 Å². The number of aromatic nitrogens is 2. The molecule has 1 amide bonds. The largest absolute Gasteiger partial charge is 0.391 e. The van der Waals surface area contributed by atoms with Crippen LogP contribution in [0.1, 0.15) is 51.0 Å². The minimum absolute atomic E-state index is 0.0826. The SMILES string of the molecule is CCCn1c(=O)c(N)c(NC(=O)CC2CCCC2)n(CCc2ccc(N(C)C)cc2)c1=O. The molecule has 1 fully saturated rings. The number of anilines is 3. The van der Waals surface area contributed by atoms with E-state index < -0.39 is 11.2 Å². The van der Waals surface area contributed by atoms with Crippen molar-refractivity contribution in [2.45, 2.75) is 65.0 Å². The summed E-state index contributed by atoms with van der Waals surface area (Å²) >= 11 is 0. The van der Waals surface area contributed by atoms with Crippen molar-refractivity contribution in [2.75, 3.05) is 30.0 Å². The molecule has 0 radical (unpaired) electrons. The number of carbonyl (C=O) groups is 1. The zero-order chi connectivity index (χ0) is 23.3. The summed E-state index contributed by atoms with van der Waals surface area (Å²) < 4.78 is 2.61. The molecule has 0 saturated heterocycles. The molecule has 3 N–H and O–H groups in total. The molecule has 8 nitrogen and oxygen atoms in total. The van der Waals surface area contributed by atoms with Gasteiger partial charge in [0.05, 0.1) is 0 Å². The summed E-state index contributed by atoms with van der Waals surface area (Å²) in [4.78, 5) is 40.6. The number of rotatable bonds is 9. The lowest BCUT2D eigenvalue weighted by atomic mass is 10.0. The summed E-state index contributed by atoms with van der Waals surface area (Å²) in [5.41, 5.74) is 7.23. The average Bonchev–Trinajstić information content (AvgIpc) is 3.28. The van der Waals surface area contributed by atoms with Gasteiger partial charge in [0, 0.05) is 39.3 Å². The Hall–Kier alpha value is -3.03. The van der Waals surface area contributed by atoms with Gasteiger partial charge in [-0.25, -0.2) is 4.79 Å². The Morgan fingerprint density at radius 1 is 1.09 bits per heavy atom. The van der Waals surface area contributed by atoms with Crippen LogP contribution in [0.5, 0.6) is 0 Å². The third kappa shape index (κ3) is 5.41. The summed E-state index contributed by atoms with van der Waals surface area (Å²) in [5, 5.41) is 2.80. The minimum atomic E-state index is -0.542. The van der Waals surface area contributed by atoms with Gasteiger partial charge in [-0.1, -0.05) is 31.9 Å². The van der Waals surface area contributed by atoms with Crippen molar-refractivity contribution in [1.29, 1.82) is 0 Å². The van der Waals surface area contributed by atoms with Crippen LogP contribution in [0, 0.1) is 5.92 Å². The Kier molecular flexibility index (Phi) is 7.77. The highest BCUT2D eigenvalue weighted by Gasteiger charge is 2.22. The number of hydrogen-bond acceptors (Lipinski definition) is 5. The third-order valence-corrected chi connectivity index (χ3v) is 6.19. The molecule has 0 atom stereocenters. The molecule has 0 spiro atoms. The second-order valence-corrected chi connectivity index (χ2v) is 8.87. The molecule has 174 valence electrons. The Morgan fingerprint density at radius 2 is 1.75 bits per heavy atom. The molecular formula is C24H35N5O3. The lowest BCUT2D eigenvalue weighted by Crippen LogP contribution is -2.43. The highest BCUT2D eigenvalue weighted by Crippen LogP contribution is 2.28. The summed E-state index contributed by atoms with van der Waals surface area (Å²) in [6.07, 6.45) is 5.96. The molecule has 8 heteroatoms. The number of carbonyl (C=O) groups excluding carboxylic acids is 1. The first kappa shape index (κ1) is 23.6. The summed E-state index contributed by atoms with van der Waals surface area (Å²) in [6, 6.07) is 8.08. The van der Waals surface area contributed by atoms with E-state index in [2.05, 4.69) is 5.32 Å². The third-order valence-electron chi connectivity index (χ3n) is 6.19. The van der Waals surface area contributed by atoms with E-state index in [1.54, 1.807) is 0 Å². The quantitative estimate of drug-likeness (QED) is 0.623. The van der Waals surface area contributed by atoms with Crippen molar-refractivity contribution in [3.05, 3.63) is 50.7 Å². The number of nitrogen functional groups attached to an aromatic ring is 1. The number of hydrogen-bond donors (Lipinski definition) is 2. The molecule has 0 unspecified atom stereocenters. The van der Waals surface area contributed by atoms with Crippen LogP contribution in [0.25, 0.3) is 0 Å². The first-order valence-corrected chi connectivity index (χ1v) is 11.5. The number of nitrogens with one attached hydrogen (secondary N) is 1. The molecule has 2 aromatic rings. The van der Waals surface area contributed by atoms with Gasteiger partial charge < -0.3 is 16.0 Å². The maximum Gasteiger partial charge on any atom is 0.332 e. The smallest absolute Gasteiger partial charge is 0.332 e. The predicted molar refractivity (Wildman–Crippen MR) is 129 cm³/mol. The highest BCUT2D eigenvalue weighted by atomic mass is 16.2. The fraction of sp³-hybridized carbons (Fsp3) is 0.542. The van der Waals surface area contributed by atoms with Gasteiger partial charge in [-0.2, -0.15) is 0 Å². The number of aryl methyl sites for hydroxylation is 1. The van der Waals surface area contributed by atoms with E-state index in [0.29, 0.717) is 31.7 Å². The minimum Gasteiger partial charge on any atom is -0.391 e. The molecule has 1 aromatic heterocycles. The zero-order valence-electron chi connectivity index (χ0n) is 19.4. The number of nitrogens with two attached hydrogens (primary N) is 1. The van der Waals surface area contributed by atoms with Gasteiger partial charge in [0.1, 0.15) is 11.5 Å². The van der Waals surface area contributed by atoms with E-state index >= 15 is 0 Å². The van der Waals surface area contributed by atoms with E-state index in [0.717, 1.165) is 41.5 Å². The first-order valence-electron chi connectivity index (χ1n) is 11.5. The number of nitrogens with zero attached hydrogens (tertiary/aromatic N) is 3. The molecule has 32 heavy (non-hydrogen) atoms.